The van der Waals surface area contributed by atoms with Crippen LogP contribution in [0.25, 0.3) is 11.3 Å². The highest BCUT2D eigenvalue weighted by Gasteiger charge is 2.37. The number of nitrogens with zero attached hydrogens (tertiary/aromatic N) is 2. The molecule has 0 radical (unpaired) electrons. The molecule has 1 atom stereocenters. The number of esters is 1. The Balaban J connectivity index is 1.71. The van der Waals surface area contributed by atoms with Crippen molar-refractivity contribution in [2.75, 3.05) is 21.0 Å². The maximum absolute atomic E-state index is 11.6. The Morgan fingerprint density at radius 3 is 2.54 bits per heavy atom. The molecule has 1 aromatic heterocycles. The van der Waals surface area contributed by atoms with Gasteiger partial charge in [0, 0.05) is 12.5 Å². The maximum Gasteiger partial charge on any atom is 0.308 e. The first-order valence-electron chi connectivity index (χ1n) is 10.4. The zero-order chi connectivity index (χ0) is 24.7. The zero-order valence-electron chi connectivity index (χ0n) is 19.0. The van der Waals surface area contributed by atoms with Crippen molar-refractivity contribution in [3.05, 3.63) is 52.9 Å². The van der Waals surface area contributed by atoms with Crippen molar-refractivity contribution >= 4 is 5.97 Å². The molecule has 0 fully saturated rings. The Bertz CT molecular complexity index is 1390. The van der Waals surface area contributed by atoms with Gasteiger partial charge in [-0.05, 0) is 35.9 Å². The lowest BCUT2D eigenvalue weighted by Gasteiger charge is -2.25. The average molecular weight is 476 g/mol. The molecule has 2 aliphatic rings. The molecular weight excluding hydrogens is 456 g/mol. The van der Waals surface area contributed by atoms with Crippen LogP contribution in [0.5, 0.6) is 34.6 Å². The average Bonchev–Trinajstić information content (AvgIpc) is 3.49. The standard InChI is InChI=1S/C24H20N4O7/c1-11(29)34-22-17(30-2)7-13(8-18(22)31-3)19-14(9-25)23(26)35-24-20(19)21(27-28-24)12-4-5-15-16(6-12)33-10-32-15/h4-8,19H,10,26H2,1-3H3,(H,27,28)/t19-/m1/s1. The lowest BCUT2D eigenvalue weighted by Crippen LogP contribution is -2.21. The monoisotopic (exact) mass is 476 g/mol. The molecule has 3 aromatic rings. The number of methoxy groups -OCH3 is 2. The minimum Gasteiger partial charge on any atom is -0.493 e. The molecule has 0 bridgehead atoms. The number of H-pyrrole nitrogens is 1. The van der Waals surface area contributed by atoms with E-state index in [1.54, 1.807) is 18.2 Å². The molecule has 11 heteroatoms. The van der Waals surface area contributed by atoms with E-state index in [9.17, 15) is 10.1 Å². The highest BCUT2D eigenvalue weighted by molar-refractivity contribution is 5.75. The van der Waals surface area contributed by atoms with Gasteiger partial charge in [0.1, 0.15) is 11.6 Å². The minimum atomic E-state index is -0.697. The molecule has 0 spiro atoms. The summed E-state index contributed by atoms with van der Waals surface area (Å²) in [5.74, 6) is 0.741. The molecule has 2 aromatic carbocycles. The highest BCUT2D eigenvalue weighted by atomic mass is 16.7. The van der Waals surface area contributed by atoms with Gasteiger partial charge in [0.2, 0.25) is 24.3 Å². The second-order valence-electron chi connectivity index (χ2n) is 7.66. The molecule has 0 amide bonds. The number of ether oxygens (including phenoxy) is 6. The molecule has 3 N–H and O–H groups in total. The van der Waals surface area contributed by atoms with E-state index in [1.165, 1.54) is 21.1 Å². The number of aromatic nitrogens is 2. The van der Waals surface area contributed by atoms with Gasteiger partial charge >= 0.3 is 5.97 Å². The maximum atomic E-state index is 11.6. The Labute approximate surface area is 199 Å². The SMILES string of the molecule is COc1cc([C@@H]2C(C#N)=C(N)Oc3n[nH]c(-c4ccc5c(c4)OCO5)c32)cc(OC)c1OC(C)=O. The van der Waals surface area contributed by atoms with E-state index in [0.29, 0.717) is 28.3 Å². The van der Waals surface area contributed by atoms with E-state index in [1.807, 2.05) is 12.1 Å². The van der Waals surface area contributed by atoms with E-state index in [4.69, 9.17) is 34.2 Å². The molecule has 0 saturated carbocycles. The topological polar surface area (TPSA) is 151 Å². The smallest absolute Gasteiger partial charge is 0.308 e. The summed E-state index contributed by atoms with van der Waals surface area (Å²) in [4.78, 5) is 11.6. The quantitative estimate of drug-likeness (QED) is 0.415. The van der Waals surface area contributed by atoms with Gasteiger partial charge < -0.3 is 34.2 Å². The number of allylic oxidation sites excluding steroid dienone is 1. The van der Waals surface area contributed by atoms with Crippen LogP contribution in [0.15, 0.2) is 41.8 Å². The van der Waals surface area contributed by atoms with Gasteiger partial charge in [0.15, 0.2) is 23.0 Å². The molecule has 11 nitrogen and oxygen atoms in total. The van der Waals surface area contributed by atoms with Crippen LogP contribution in [0.3, 0.4) is 0 Å². The van der Waals surface area contributed by atoms with Crippen molar-refractivity contribution in [1.29, 1.82) is 5.26 Å². The van der Waals surface area contributed by atoms with E-state index < -0.39 is 11.9 Å². The number of hydrogen-bond acceptors (Lipinski definition) is 10. The van der Waals surface area contributed by atoms with Crippen LogP contribution in [-0.4, -0.2) is 37.2 Å². The molecule has 0 aliphatic carbocycles. The van der Waals surface area contributed by atoms with Gasteiger partial charge in [-0.25, -0.2) is 0 Å². The summed E-state index contributed by atoms with van der Waals surface area (Å²) in [5.41, 5.74) is 8.79. The van der Waals surface area contributed by atoms with E-state index >= 15 is 0 Å². The van der Waals surface area contributed by atoms with Crippen molar-refractivity contribution in [3.8, 4) is 52.0 Å². The van der Waals surface area contributed by atoms with Gasteiger partial charge in [-0.15, -0.1) is 5.10 Å². The van der Waals surface area contributed by atoms with Crippen molar-refractivity contribution < 1.29 is 33.2 Å². The molecule has 35 heavy (non-hydrogen) atoms. The van der Waals surface area contributed by atoms with Gasteiger partial charge in [-0.3, -0.25) is 9.89 Å². The Morgan fingerprint density at radius 1 is 1.17 bits per heavy atom. The zero-order valence-corrected chi connectivity index (χ0v) is 19.0. The number of nitriles is 1. The van der Waals surface area contributed by atoms with Crippen LogP contribution in [0, 0.1) is 11.3 Å². The van der Waals surface area contributed by atoms with Crippen LogP contribution in [-0.2, 0) is 4.79 Å². The molecule has 2 aliphatic heterocycles. The van der Waals surface area contributed by atoms with Crippen LogP contribution >= 0.6 is 0 Å². The fourth-order valence-electron chi connectivity index (χ4n) is 4.16. The molecule has 0 unspecified atom stereocenters. The lowest BCUT2D eigenvalue weighted by atomic mass is 9.82. The summed E-state index contributed by atoms with van der Waals surface area (Å²) in [6, 6.07) is 10.9. The van der Waals surface area contributed by atoms with Crippen LogP contribution in [0.1, 0.15) is 24.0 Å². The van der Waals surface area contributed by atoms with E-state index in [2.05, 4.69) is 16.3 Å². The van der Waals surface area contributed by atoms with Gasteiger partial charge in [0.25, 0.3) is 0 Å². The number of carbonyl (C=O) groups excluding carboxylic acids is 1. The second kappa shape index (κ2) is 8.49. The highest BCUT2D eigenvalue weighted by Crippen LogP contribution is 2.50. The van der Waals surface area contributed by atoms with Crippen LogP contribution in [0.2, 0.25) is 0 Å². The lowest BCUT2D eigenvalue weighted by molar-refractivity contribution is -0.132. The Kier molecular flexibility index (Phi) is 5.33. The summed E-state index contributed by atoms with van der Waals surface area (Å²) in [5, 5.41) is 17.3. The number of carbonyl (C=O) groups is 1. The summed E-state index contributed by atoms with van der Waals surface area (Å²) in [6.45, 7) is 1.41. The number of rotatable bonds is 5. The molecule has 5 rings (SSSR count). The van der Waals surface area contributed by atoms with Crippen molar-refractivity contribution in [1.82, 2.24) is 10.2 Å². The Hall–Kier alpha value is -4.85. The fraction of sp³-hybridized carbons (Fsp3) is 0.208. The predicted molar refractivity (Wildman–Crippen MR) is 120 cm³/mol. The minimum absolute atomic E-state index is 0.0734. The molecule has 0 saturated heterocycles. The van der Waals surface area contributed by atoms with Gasteiger partial charge in [-0.2, -0.15) is 5.26 Å². The predicted octanol–water partition coefficient (Wildman–Crippen LogP) is 2.97. The number of nitrogens with two attached hydrogens (primary N) is 1. The van der Waals surface area contributed by atoms with E-state index in [-0.39, 0.29) is 41.4 Å². The molecule has 178 valence electrons. The second-order valence-corrected chi connectivity index (χ2v) is 7.66. The number of nitrogens with one attached hydrogen (secondary N) is 1. The van der Waals surface area contributed by atoms with Crippen molar-refractivity contribution in [2.24, 2.45) is 5.73 Å². The first-order chi connectivity index (χ1) is 16.9. The first-order valence-corrected chi connectivity index (χ1v) is 10.4. The molecule has 3 heterocycles. The summed E-state index contributed by atoms with van der Waals surface area (Å²) in [6.07, 6.45) is 0. The van der Waals surface area contributed by atoms with Gasteiger partial charge in [-0.1, -0.05) is 0 Å². The van der Waals surface area contributed by atoms with Crippen molar-refractivity contribution in [2.45, 2.75) is 12.8 Å². The largest absolute Gasteiger partial charge is 0.493 e. The molecular formula is C24H20N4O7. The van der Waals surface area contributed by atoms with E-state index in [0.717, 1.165) is 5.56 Å². The number of aromatic amines is 1. The summed E-state index contributed by atoms with van der Waals surface area (Å²) >= 11 is 0. The summed E-state index contributed by atoms with van der Waals surface area (Å²) < 4.78 is 32.9. The van der Waals surface area contributed by atoms with Crippen molar-refractivity contribution in [3.63, 3.8) is 0 Å². The summed E-state index contributed by atoms with van der Waals surface area (Å²) in [7, 11) is 2.87. The van der Waals surface area contributed by atoms with Crippen LogP contribution in [0.4, 0.5) is 0 Å². The van der Waals surface area contributed by atoms with Crippen LogP contribution < -0.4 is 34.2 Å². The number of hydrogen-bond donors (Lipinski definition) is 2. The third kappa shape index (κ3) is 3.61. The number of benzene rings is 2. The number of fused-ring (bicyclic) bond motifs is 2. The Morgan fingerprint density at radius 2 is 1.89 bits per heavy atom. The fourth-order valence-corrected chi connectivity index (χ4v) is 4.16. The third-order valence-corrected chi connectivity index (χ3v) is 5.66. The first kappa shape index (κ1) is 22.0. The normalized spacial score (nSPS) is 15.7. The third-order valence-electron chi connectivity index (χ3n) is 5.66. The van der Waals surface area contributed by atoms with Gasteiger partial charge in [0.05, 0.1) is 31.4 Å².